The fourth-order valence-corrected chi connectivity index (χ4v) is 2.64. The van der Waals surface area contributed by atoms with Crippen LogP contribution >= 0.6 is 12.2 Å². The fraction of sp³-hybridized carbons (Fsp3) is 0.667. The zero-order valence-corrected chi connectivity index (χ0v) is 10.2. The Bertz CT molecular complexity index is 348. The van der Waals surface area contributed by atoms with E-state index in [1.54, 1.807) is 6.08 Å². The third kappa shape index (κ3) is 4.61. The van der Waals surface area contributed by atoms with E-state index in [1.807, 2.05) is 0 Å². The lowest BCUT2D eigenvalue weighted by atomic mass is 10.3. The molecule has 1 N–H and O–H groups in total. The van der Waals surface area contributed by atoms with Gasteiger partial charge in [-0.2, -0.15) is 0 Å². The van der Waals surface area contributed by atoms with Crippen LogP contribution in [0.5, 0.6) is 0 Å². The molecule has 1 atom stereocenters. The number of nitrogens with one attached hydrogen (secondary N) is 1. The van der Waals surface area contributed by atoms with Crippen LogP contribution in [0.2, 0.25) is 0 Å². The molecule has 4 nitrogen and oxygen atoms in total. The van der Waals surface area contributed by atoms with Crippen molar-refractivity contribution in [2.75, 3.05) is 12.4 Å². The molecule has 0 aromatic heterocycles. The molecule has 0 amide bonds. The molecule has 0 bridgehead atoms. The maximum atomic E-state index is 11.1. The summed E-state index contributed by atoms with van der Waals surface area (Å²) in [6.07, 6.45) is 3.58. The van der Waals surface area contributed by atoms with Gasteiger partial charge in [-0.25, -0.2) is 8.42 Å². The van der Waals surface area contributed by atoms with E-state index >= 15 is 0 Å². The summed E-state index contributed by atoms with van der Waals surface area (Å²) in [5.41, 5.74) is 0. The Kier molecular flexibility index (Phi) is 4.53. The van der Waals surface area contributed by atoms with E-state index in [0.717, 1.165) is 12.8 Å². The number of rotatable bonds is 4. The average Bonchev–Trinajstić information content (AvgIpc) is 2.46. The number of thiocarbonyl (C=S) groups is 1. The summed E-state index contributed by atoms with van der Waals surface area (Å²) in [5, 5.41) is 4.32. The highest BCUT2D eigenvalue weighted by molar-refractivity contribution is 7.94. The molecule has 1 aliphatic heterocycles. The number of hydrogen-bond donors (Lipinski definition) is 1. The standard InChI is InChI=1S/C9H15NO3S2/c1-2-3-5-13-9(14)10-8-4-6-15(11,12)7-8/h4,6,8H,2-3,5,7H2,1H3,(H,10,14)/t8-/m0/s1. The number of sulfone groups is 1. The van der Waals surface area contributed by atoms with Crippen molar-refractivity contribution in [1.82, 2.24) is 5.32 Å². The summed E-state index contributed by atoms with van der Waals surface area (Å²) in [7, 11) is -3.02. The first-order valence-electron chi connectivity index (χ1n) is 4.88. The summed E-state index contributed by atoms with van der Waals surface area (Å²) >= 11 is 4.92. The van der Waals surface area contributed by atoms with Crippen LogP contribution in [0.15, 0.2) is 11.5 Å². The molecule has 0 aromatic rings. The van der Waals surface area contributed by atoms with Crippen LogP contribution in [-0.4, -0.2) is 32.0 Å². The van der Waals surface area contributed by atoms with Crippen molar-refractivity contribution in [3.63, 3.8) is 0 Å². The van der Waals surface area contributed by atoms with Gasteiger partial charge in [-0.15, -0.1) is 0 Å². The second-order valence-corrected chi connectivity index (χ2v) is 5.70. The second-order valence-electron chi connectivity index (χ2n) is 3.40. The van der Waals surface area contributed by atoms with E-state index in [1.165, 1.54) is 5.41 Å². The summed E-state index contributed by atoms with van der Waals surface area (Å²) in [4.78, 5) is 0. The van der Waals surface area contributed by atoms with Crippen molar-refractivity contribution < 1.29 is 13.2 Å². The lowest BCUT2D eigenvalue weighted by Gasteiger charge is -2.12. The van der Waals surface area contributed by atoms with Gasteiger partial charge in [0.05, 0.1) is 18.4 Å². The van der Waals surface area contributed by atoms with Crippen LogP contribution in [0.4, 0.5) is 0 Å². The van der Waals surface area contributed by atoms with Crippen LogP contribution in [0.3, 0.4) is 0 Å². The zero-order chi connectivity index (χ0) is 11.3. The first kappa shape index (κ1) is 12.4. The predicted molar refractivity (Wildman–Crippen MR) is 63.3 cm³/mol. The monoisotopic (exact) mass is 249 g/mol. The minimum atomic E-state index is -3.02. The van der Waals surface area contributed by atoms with Crippen LogP contribution < -0.4 is 5.32 Å². The summed E-state index contributed by atoms with van der Waals surface area (Å²) in [6, 6.07) is -0.246. The molecule has 0 saturated carbocycles. The van der Waals surface area contributed by atoms with E-state index < -0.39 is 9.84 Å². The molecular weight excluding hydrogens is 234 g/mol. The van der Waals surface area contributed by atoms with E-state index in [4.69, 9.17) is 17.0 Å². The fourth-order valence-electron chi connectivity index (χ4n) is 1.17. The van der Waals surface area contributed by atoms with Gasteiger partial charge >= 0.3 is 0 Å². The van der Waals surface area contributed by atoms with Gasteiger partial charge in [0, 0.05) is 5.41 Å². The highest BCUT2D eigenvalue weighted by Crippen LogP contribution is 2.07. The molecule has 0 saturated heterocycles. The Labute approximate surface area is 95.6 Å². The summed E-state index contributed by atoms with van der Waals surface area (Å²) < 4.78 is 27.3. The second kappa shape index (κ2) is 5.46. The SMILES string of the molecule is CCCCOC(=S)N[C@H]1C=CS(=O)(=O)C1. The first-order valence-corrected chi connectivity index (χ1v) is 7.00. The Balaban J connectivity index is 2.26. The Hall–Kier alpha value is -0.620. The first-order chi connectivity index (χ1) is 7.03. The van der Waals surface area contributed by atoms with E-state index in [9.17, 15) is 8.42 Å². The van der Waals surface area contributed by atoms with E-state index in [-0.39, 0.29) is 17.0 Å². The van der Waals surface area contributed by atoms with Crippen LogP contribution in [-0.2, 0) is 14.6 Å². The number of unbranched alkanes of at least 4 members (excludes halogenated alkanes) is 1. The molecule has 0 unspecified atom stereocenters. The molecular formula is C9H15NO3S2. The molecule has 6 heteroatoms. The van der Waals surface area contributed by atoms with Gasteiger partial charge in [-0.05, 0) is 24.7 Å². The Morgan fingerprint density at radius 3 is 2.93 bits per heavy atom. The van der Waals surface area contributed by atoms with Gasteiger partial charge in [-0.1, -0.05) is 13.3 Å². The normalized spacial score (nSPS) is 22.6. The predicted octanol–water partition coefficient (Wildman–Crippen LogP) is 0.988. The Morgan fingerprint density at radius 1 is 1.67 bits per heavy atom. The summed E-state index contributed by atoms with van der Waals surface area (Å²) in [5.74, 6) is 0.0598. The molecule has 1 aliphatic rings. The van der Waals surface area contributed by atoms with Crippen LogP contribution in [0.25, 0.3) is 0 Å². The summed E-state index contributed by atoms with van der Waals surface area (Å²) in [6.45, 7) is 2.64. The maximum Gasteiger partial charge on any atom is 0.257 e. The van der Waals surface area contributed by atoms with Crippen molar-refractivity contribution in [2.24, 2.45) is 0 Å². The number of hydrogen-bond acceptors (Lipinski definition) is 4. The lowest BCUT2D eigenvalue weighted by Crippen LogP contribution is -2.35. The van der Waals surface area contributed by atoms with Crippen molar-refractivity contribution in [1.29, 1.82) is 0 Å². The highest BCUT2D eigenvalue weighted by atomic mass is 32.2. The van der Waals surface area contributed by atoms with Crippen LogP contribution in [0, 0.1) is 0 Å². The smallest absolute Gasteiger partial charge is 0.257 e. The van der Waals surface area contributed by atoms with Crippen molar-refractivity contribution >= 4 is 27.2 Å². The van der Waals surface area contributed by atoms with Gasteiger partial charge in [0.15, 0.2) is 9.84 Å². The molecule has 0 fully saturated rings. The van der Waals surface area contributed by atoms with Gasteiger partial charge in [-0.3, -0.25) is 0 Å². The molecule has 1 heterocycles. The highest BCUT2D eigenvalue weighted by Gasteiger charge is 2.22. The van der Waals surface area contributed by atoms with Crippen molar-refractivity contribution in [3.8, 4) is 0 Å². The van der Waals surface area contributed by atoms with Crippen LogP contribution in [0.1, 0.15) is 19.8 Å². The molecule has 0 spiro atoms. The minimum Gasteiger partial charge on any atom is -0.471 e. The van der Waals surface area contributed by atoms with E-state index in [2.05, 4.69) is 12.2 Å². The molecule has 0 radical (unpaired) electrons. The molecule has 0 aliphatic carbocycles. The Morgan fingerprint density at radius 2 is 2.40 bits per heavy atom. The maximum absolute atomic E-state index is 11.1. The topological polar surface area (TPSA) is 55.4 Å². The van der Waals surface area contributed by atoms with Crippen molar-refractivity contribution in [2.45, 2.75) is 25.8 Å². The minimum absolute atomic E-state index is 0.0598. The third-order valence-electron chi connectivity index (χ3n) is 1.96. The van der Waals surface area contributed by atoms with Crippen molar-refractivity contribution in [3.05, 3.63) is 11.5 Å². The third-order valence-corrected chi connectivity index (χ3v) is 3.60. The largest absolute Gasteiger partial charge is 0.471 e. The van der Waals surface area contributed by atoms with Gasteiger partial charge in [0.2, 0.25) is 0 Å². The van der Waals surface area contributed by atoms with Gasteiger partial charge in [0.1, 0.15) is 0 Å². The quantitative estimate of drug-likeness (QED) is 0.595. The zero-order valence-electron chi connectivity index (χ0n) is 8.60. The molecule has 86 valence electrons. The number of ether oxygens (including phenoxy) is 1. The van der Waals surface area contributed by atoms with Gasteiger partial charge in [0.25, 0.3) is 5.17 Å². The molecule has 1 rings (SSSR count). The van der Waals surface area contributed by atoms with E-state index in [0.29, 0.717) is 6.61 Å². The lowest BCUT2D eigenvalue weighted by molar-refractivity contribution is 0.289. The molecule has 15 heavy (non-hydrogen) atoms. The molecule has 0 aromatic carbocycles. The van der Waals surface area contributed by atoms with Gasteiger partial charge < -0.3 is 10.1 Å². The average molecular weight is 249 g/mol.